The third kappa shape index (κ3) is 6.20. The van der Waals surface area contributed by atoms with Crippen molar-refractivity contribution in [1.29, 1.82) is 0 Å². The summed E-state index contributed by atoms with van der Waals surface area (Å²) in [5, 5.41) is 11.2. The van der Waals surface area contributed by atoms with Crippen LogP contribution in [0.15, 0.2) is 40.1 Å². The zero-order valence-electron chi connectivity index (χ0n) is 16.4. The number of aryl methyl sites for hydroxylation is 3. The van der Waals surface area contributed by atoms with E-state index in [4.69, 9.17) is 0 Å². The topological polar surface area (TPSA) is 71.5 Å². The highest BCUT2D eigenvalue weighted by molar-refractivity contribution is 14.0. The molecule has 2 N–H and O–H groups in total. The number of aliphatic imine (C=N–C) groups is 1. The number of fused-ring (bicyclic) bond motifs is 1. The van der Waals surface area contributed by atoms with E-state index in [-0.39, 0.29) is 24.0 Å². The van der Waals surface area contributed by atoms with E-state index in [0.29, 0.717) is 6.54 Å². The van der Waals surface area contributed by atoms with Crippen molar-refractivity contribution in [3.63, 3.8) is 0 Å². The van der Waals surface area contributed by atoms with Crippen molar-refractivity contribution in [2.45, 2.75) is 40.3 Å². The van der Waals surface area contributed by atoms with Gasteiger partial charge in [0.1, 0.15) is 5.65 Å². The number of hydrogen-bond donors (Lipinski definition) is 2. The molecule has 28 heavy (non-hydrogen) atoms. The summed E-state index contributed by atoms with van der Waals surface area (Å²) in [5.74, 6) is 0.809. The molecule has 0 radical (unpaired) electrons. The number of aromatic nitrogens is 4. The summed E-state index contributed by atoms with van der Waals surface area (Å²) >= 11 is 3.48. The first-order valence-electron chi connectivity index (χ1n) is 9.21. The Morgan fingerprint density at radius 1 is 1.21 bits per heavy atom. The molecule has 0 aliphatic heterocycles. The van der Waals surface area contributed by atoms with Gasteiger partial charge in [-0.05, 0) is 61.3 Å². The highest BCUT2D eigenvalue weighted by Gasteiger charge is 2.04. The molecule has 152 valence electrons. The maximum atomic E-state index is 4.65. The summed E-state index contributed by atoms with van der Waals surface area (Å²) in [7, 11) is 0. The van der Waals surface area contributed by atoms with Gasteiger partial charge in [0.05, 0.1) is 17.9 Å². The number of imidazole rings is 1. The smallest absolute Gasteiger partial charge is 0.191 e. The Labute approximate surface area is 191 Å². The minimum atomic E-state index is 0. The van der Waals surface area contributed by atoms with Crippen LogP contribution in [0.25, 0.3) is 5.65 Å². The number of nitrogens with one attached hydrogen (secondary N) is 2. The molecule has 0 amide bonds. The molecular formula is C19H27BrIN7. The maximum absolute atomic E-state index is 4.65. The van der Waals surface area contributed by atoms with E-state index in [2.05, 4.69) is 66.2 Å². The first kappa shape index (κ1) is 22.7. The fourth-order valence-corrected chi connectivity index (χ4v) is 3.28. The van der Waals surface area contributed by atoms with Crippen LogP contribution in [0, 0.1) is 13.8 Å². The van der Waals surface area contributed by atoms with Gasteiger partial charge in [-0.3, -0.25) is 4.68 Å². The van der Waals surface area contributed by atoms with Crippen LogP contribution in [0.3, 0.4) is 0 Å². The van der Waals surface area contributed by atoms with Crippen molar-refractivity contribution < 1.29 is 0 Å². The molecule has 0 saturated heterocycles. The van der Waals surface area contributed by atoms with E-state index < -0.39 is 0 Å². The fraction of sp³-hybridized carbons (Fsp3) is 0.421. The molecular weight excluding hydrogens is 533 g/mol. The first-order valence-corrected chi connectivity index (χ1v) is 10.0. The third-order valence-corrected chi connectivity index (χ3v) is 4.62. The molecule has 0 fully saturated rings. The second-order valence-corrected chi connectivity index (χ2v) is 7.39. The van der Waals surface area contributed by atoms with Crippen molar-refractivity contribution in [2.24, 2.45) is 4.99 Å². The molecule has 0 aliphatic rings. The number of guanidine groups is 1. The molecule has 3 rings (SSSR count). The van der Waals surface area contributed by atoms with Gasteiger partial charge in [-0.15, -0.1) is 24.0 Å². The van der Waals surface area contributed by atoms with Crippen molar-refractivity contribution in [3.8, 4) is 0 Å². The third-order valence-electron chi connectivity index (χ3n) is 4.15. The monoisotopic (exact) mass is 559 g/mol. The summed E-state index contributed by atoms with van der Waals surface area (Å²) < 4.78 is 5.08. The van der Waals surface area contributed by atoms with E-state index in [0.717, 1.165) is 53.5 Å². The highest BCUT2D eigenvalue weighted by atomic mass is 127. The lowest BCUT2D eigenvalue weighted by molar-refractivity contribution is 0.555. The number of rotatable bonds is 7. The second kappa shape index (κ2) is 10.8. The Morgan fingerprint density at radius 3 is 2.75 bits per heavy atom. The van der Waals surface area contributed by atoms with Crippen LogP contribution in [-0.4, -0.2) is 38.2 Å². The number of nitrogens with zero attached hydrogens (tertiary/aromatic N) is 5. The van der Waals surface area contributed by atoms with E-state index in [1.807, 2.05) is 35.9 Å². The second-order valence-electron chi connectivity index (χ2n) is 6.47. The van der Waals surface area contributed by atoms with Crippen LogP contribution in [0.2, 0.25) is 0 Å². The fourth-order valence-electron chi connectivity index (χ4n) is 2.93. The molecule has 3 aromatic rings. The minimum Gasteiger partial charge on any atom is -0.357 e. The zero-order chi connectivity index (χ0) is 19.2. The van der Waals surface area contributed by atoms with Crippen molar-refractivity contribution in [1.82, 2.24) is 29.8 Å². The molecule has 0 aliphatic carbocycles. The Hall–Kier alpha value is -1.62. The van der Waals surface area contributed by atoms with Crippen molar-refractivity contribution in [2.75, 3.05) is 13.1 Å². The number of pyridine rings is 1. The van der Waals surface area contributed by atoms with Gasteiger partial charge >= 0.3 is 0 Å². The Bertz CT molecular complexity index is 932. The predicted molar refractivity (Wildman–Crippen MR) is 127 cm³/mol. The molecule has 7 nitrogen and oxygen atoms in total. The van der Waals surface area contributed by atoms with Gasteiger partial charge in [0.15, 0.2) is 5.96 Å². The van der Waals surface area contributed by atoms with Crippen LogP contribution in [0.5, 0.6) is 0 Å². The molecule has 0 atom stereocenters. The predicted octanol–water partition coefficient (Wildman–Crippen LogP) is 3.67. The SMILES string of the molecule is CCNC(=NCc1cn2cc(Br)ccc2n1)NCCCn1nc(C)cc1C.I. The molecule has 3 aromatic heterocycles. The average Bonchev–Trinajstić information content (AvgIpc) is 3.17. The molecule has 0 saturated carbocycles. The Balaban J connectivity index is 0.00000280. The van der Waals surface area contributed by atoms with Gasteiger partial charge in [0.25, 0.3) is 0 Å². The quantitative estimate of drug-likeness (QED) is 0.200. The van der Waals surface area contributed by atoms with Crippen LogP contribution in [0.4, 0.5) is 0 Å². The lowest BCUT2D eigenvalue weighted by atomic mass is 10.4. The zero-order valence-corrected chi connectivity index (χ0v) is 20.4. The summed E-state index contributed by atoms with van der Waals surface area (Å²) in [4.78, 5) is 9.25. The van der Waals surface area contributed by atoms with E-state index >= 15 is 0 Å². The van der Waals surface area contributed by atoms with Gasteiger partial charge in [-0.25, -0.2) is 9.98 Å². The summed E-state index contributed by atoms with van der Waals surface area (Å²) in [5.41, 5.74) is 4.13. The van der Waals surface area contributed by atoms with E-state index in [1.54, 1.807) is 0 Å². The number of halogens is 2. The van der Waals surface area contributed by atoms with Crippen molar-refractivity contribution in [3.05, 3.63) is 52.1 Å². The van der Waals surface area contributed by atoms with E-state index in [9.17, 15) is 0 Å². The van der Waals surface area contributed by atoms with Crippen LogP contribution in [0.1, 0.15) is 30.4 Å². The van der Waals surface area contributed by atoms with Crippen LogP contribution < -0.4 is 10.6 Å². The first-order chi connectivity index (χ1) is 13.0. The molecule has 0 bridgehead atoms. The van der Waals surface area contributed by atoms with Gasteiger partial charge in [-0.1, -0.05) is 0 Å². The Kier molecular flexibility index (Phi) is 8.74. The standard InChI is InChI=1S/C19H26BrN7.HI/c1-4-21-19(22-8-5-9-27-15(3)10-14(2)25-27)23-11-17-13-26-12-16(20)6-7-18(26)24-17;/h6-7,10,12-13H,4-5,8-9,11H2,1-3H3,(H2,21,22,23);1H. The van der Waals surface area contributed by atoms with E-state index in [1.165, 1.54) is 5.69 Å². The van der Waals surface area contributed by atoms with Gasteiger partial charge in [0.2, 0.25) is 0 Å². The molecule has 9 heteroatoms. The minimum absolute atomic E-state index is 0. The average molecular weight is 560 g/mol. The van der Waals surface area contributed by atoms with Gasteiger partial charge < -0.3 is 15.0 Å². The summed E-state index contributed by atoms with van der Waals surface area (Å²) in [6.45, 7) is 9.26. The lowest BCUT2D eigenvalue weighted by Crippen LogP contribution is -2.38. The van der Waals surface area contributed by atoms with Crippen LogP contribution >= 0.6 is 39.9 Å². The van der Waals surface area contributed by atoms with Crippen LogP contribution in [-0.2, 0) is 13.1 Å². The molecule has 0 aromatic carbocycles. The van der Waals surface area contributed by atoms with Crippen molar-refractivity contribution >= 4 is 51.5 Å². The summed E-state index contributed by atoms with van der Waals surface area (Å²) in [6, 6.07) is 6.08. The summed E-state index contributed by atoms with van der Waals surface area (Å²) in [6.07, 6.45) is 4.99. The highest BCUT2D eigenvalue weighted by Crippen LogP contribution is 2.12. The number of hydrogen-bond acceptors (Lipinski definition) is 3. The lowest BCUT2D eigenvalue weighted by Gasteiger charge is -2.11. The largest absolute Gasteiger partial charge is 0.357 e. The molecule has 0 unspecified atom stereocenters. The Morgan fingerprint density at radius 2 is 2.04 bits per heavy atom. The van der Waals surface area contributed by atoms with Gasteiger partial charge in [-0.2, -0.15) is 5.10 Å². The normalized spacial score (nSPS) is 11.5. The molecule has 0 spiro atoms. The molecule has 3 heterocycles. The maximum Gasteiger partial charge on any atom is 0.191 e. The van der Waals surface area contributed by atoms with Gasteiger partial charge in [0, 0.05) is 42.2 Å².